The maximum atomic E-state index is 4.36. The molecule has 0 unspecified atom stereocenters. The van der Waals surface area contributed by atoms with Crippen molar-refractivity contribution in [3.8, 4) is 0 Å². The van der Waals surface area contributed by atoms with Gasteiger partial charge in [0.1, 0.15) is 0 Å². The number of hydrogen-bond acceptors (Lipinski definition) is 4. The van der Waals surface area contributed by atoms with Crippen molar-refractivity contribution in [2.75, 3.05) is 18.1 Å². The lowest BCUT2D eigenvalue weighted by molar-refractivity contribution is 1.04. The van der Waals surface area contributed by atoms with Crippen LogP contribution < -0.4 is 0 Å². The van der Waals surface area contributed by atoms with Crippen molar-refractivity contribution in [2.24, 2.45) is 4.99 Å². The largest absolute Gasteiger partial charge is 0.290 e. The molecule has 2 aromatic rings. The van der Waals surface area contributed by atoms with Gasteiger partial charge in [0.25, 0.3) is 0 Å². The zero-order valence-electron chi connectivity index (χ0n) is 10.8. The fraction of sp³-hybridized carbons (Fsp3) is 0.267. The van der Waals surface area contributed by atoms with Gasteiger partial charge in [-0.3, -0.25) is 15.0 Å². The summed E-state index contributed by atoms with van der Waals surface area (Å²) in [5.74, 6) is 2.13. The van der Waals surface area contributed by atoms with Crippen molar-refractivity contribution in [1.82, 2.24) is 9.97 Å². The maximum absolute atomic E-state index is 4.36. The summed E-state index contributed by atoms with van der Waals surface area (Å²) in [5, 5.41) is 0. The number of hydrogen-bond donors (Lipinski definition) is 0. The second-order valence-corrected chi connectivity index (χ2v) is 5.20. The summed E-state index contributed by atoms with van der Waals surface area (Å²) in [7, 11) is 0. The second kappa shape index (κ2) is 8.43. The number of pyridine rings is 2. The quantitative estimate of drug-likeness (QED) is 0.574. The van der Waals surface area contributed by atoms with E-state index < -0.39 is 0 Å². The molecule has 0 bridgehead atoms. The zero-order valence-corrected chi connectivity index (χ0v) is 11.6. The predicted octanol–water partition coefficient (Wildman–Crippen LogP) is 2.87. The molecule has 4 heteroatoms. The van der Waals surface area contributed by atoms with E-state index >= 15 is 0 Å². The van der Waals surface area contributed by atoms with E-state index in [1.165, 1.54) is 0 Å². The van der Waals surface area contributed by atoms with E-state index in [-0.39, 0.29) is 0 Å². The van der Waals surface area contributed by atoms with Crippen LogP contribution in [-0.2, 0) is 6.42 Å². The standard InChI is InChI=1S/C15H17N3S/c1-3-8-17-14(5-1)7-11-19-12-10-16-13-15-6-2-4-9-18-15/h1-6,8-9,13H,7,10-12H2. The van der Waals surface area contributed by atoms with Crippen LogP contribution in [0.5, 0.6) is 0 Å². The van der Waals surface area contributed by atoms with Crippen LogP contribution in [0, 0.1) is 0 Å². The molecule has 0 spiro atoms. The lowest BCUT2D eigenvalue weighted by Gasteiger charge is -1.99. The van der Waals surface area contributed by atoms with E-state index in [4.69, 9.17) is 0 Å². The van der Waals surface area contributed by atoms with Crippen LogP contribution in [0.4, 0.5) is 0 Å². The molecule has 19 heavy (non-hydrogen) atoms. The molecule has 2 aromatic heterocycles. The van der Waals surface area contributed by atoms with Gasteiger partial charge in [-0.2, -0.15) is 11.8 Å². The highest BCUT2D eigenvalue weighted by molar-refractivity contribution is 7.99. The van der Waals surface area contributed by atoms with Crippen LogP contribution in [0.1, 0.15) is 11.4 Å². The van der Waals surface area contributed by atoms with Gasteiger partial charge < -0.3 is 0 Å². The van der Waals surface area contributed by atoms with Crippen molar-refractivity contribution in [3.63, 3.8) is 0 Å². The smallest absolute Gasteiger partial charge is 0.0807 e. The summed E-state index contributed by atoms with van der Waals surface area (Å²) < 4.78 is 0. The Balaban J connectivity index is 1.56. The van der Waals surface area contributed by atoms with Crippen LogP contribution in [0.15, 0.2) is 53.8 Å². The molecule has 98 valence electrons. The molecule has 2 rings (SSSR count). The zero-order chi connectivity index (χ0) is 13.2. The summed E-state index contributed by atoms with van der Waals surface area (Å²) >= 11 is 1.91. The third-order valence-corrected chi connectivity index (χ3v) is 3.47. The van der Waals surface area contributed by atoms with E-state index in [2.05, 4.69) is 21.0 Å². The molecule has 0 aromatic carbocycles. The molecule has 0 aliphatic rings. The van der Waals surface area contributed by atoms with Gasteiger partial charge in [-0.05, 0) is 36.4 Å². The van der Waals surface area contributed by atoms with Crippen LogP contribution in [-0.4, -0.2) is 34.2 Å². The molecule has 0 N–H and O–H groups in total. The third kappa shape index (κ3) is 5.66. The molecule has 2 heterocycles. The number of aliphatic imine (C=N–C) groups is 1. The van der Waals surface area contributed by atoms with Gasteiger partial charge in [-0.15, -0.1) is 0 Å². The van der Waals surface area contributed by atoms with Crippen molar-refractivity contribution < 1.29 is 0 Å². The van der Waals surface area contributed by atoms with E-state index in [1.54, 1.807) is 6.20 Å². The van der Waals surface area contributed by atoms with Gasteiger partial charge in [0.15, 0.2) is 0 Å². The Morgan fingerprint density at radius 3 is 2.58 bits per heavy atom. The first-order valence-corrected chi connectivity index (χ1v) is 7.49. The lowest BCUT2D eigenvalue weighted by atomic mass is 10.3. The third-order valence-electron chi connectivity index (χ3n) is 2.50. The van der Waals surface area contributed by atoms with Crippen molar-refractivity contribution in [3.05, 3.63) is 60.2 Å². The Morgan fingerprint density at radius 2 is 1.84 bits per heavy atom. The van der Waals surface area contributed by atoms with Gasteiger partial charge in [-0.1, -0.05) is 12.1 Å². The topological polar surface area (TPSA) is 38.1 Å². The molecule has 0 fully saturated rings. The summed E-state index contributed by atoms with van der Waals surface area (Å²) in [4.78, 5) is 12.9. The molecule has 0 aliphatic carbocycles. The molecule has 0 radical (unpaired) electrons. The molecule has 3 nitrogen and oxygen atoms in total. The van der Waals surface area contributed by atoms with Gasteiger partial charge in [-0.25, -0.2) is 0 Å². The average molecular weight is 271 g/mol. The predicted molar refractivity (Wildman–Crippen MR) is 82.0 cm³/mol. The Morgan fingerprint density at radius 1 is 1.00 bits per heavy atom. The van der Waals surface area contributed by atoms with E-state index in [9.17, 15) is 0 Å². The molecule has 0 amide bonds. The minimum absolute atomic E-state index is 0.837. The SMILES string of the molecule is C(=NCCSCCc1ccccn1)c1ccccn1. The van der Waals surface area contributed by atoms with E-state index in [0.717, 1.165) is 35.9 Å². The van der Waals surface area contributed by atoms with E-state index in [0.29, 0.717) is 0 Å². The van der Waals surface area contributed by atoms with Crippen LogP contribution >= 0.6 is 11.8 Å². The Bertz CT molecular complexity index is 485. The lowest BCUT2D eigenvalue weighted by Crippen LogP contribution is -1.95. The van der Waals surface area contributed by atoms with Crippen molar-refractivity contribution in [1.29, 1.82) is 0 Å². The summed E-state index contributed by atoms with van der Waals surface area (Å²) in [5.41, 5.74) is 2.08. The summed E-state index contributed by atoms with van der Waals surface area (Å²) in [6.45, 7) is 0.837. The fourth-order valence-corrected chi connectivity index (χ4v) is 2.34. The number of aromatic nitrogens is 2. The molecular weight excluding hydrogens is 254 g/mol. The fourth-order valence-electron chi connectivity index (χ4n) is 1.55. The number of thioether (sulfide) groups is 1. The minimum Gasteiger partial charge on any atom is -0.290 e. The van der Waals surface area contributed by atoms with Crippen LogP contribution in [0.2, 0.25) is 0 Å². The first-order valence-electron chi connectivity index (χ1n) is 6.33. The first-order chi connectivity index (χ1) is 9.45. The van der Waals surface area contributed by atoms with Gasteiger partial charge in [0, 0.05) is 36.6 Å². The molecule has 0 aliphatic heterocycles. The maximum Gasteiger partial charge on any atom is 0.0807 e. The highest BCUT2D eigenvalue weighted by atomic mass is 32.2. The number of nitrogens with zero attached hydrogens (tertiary/aromatic N) is 3. The Labute approximate surface area is 118 Å². The molecular formula is C15H17N3S. The highest BCUT2D eigenvalue weighted by Crippen LogP contribution is 2.04. The highest BCUT2D eigenvalue weighted by Gasteiger charge is 1.93. The second-order valence-electron chi connectivity index (χ2n) is 3.97. The van der Waals surface area contributed by atoms with Crippen molar-refractivity contribution >= 4 is 18.0 Å². The number of aryl methyl sites for hydroxylation is 1. The molecule has 0 atom stereocenters. The minimum atomic E-state index is 0.837. The van der Waals surface area contributed by atoms with Gasteiger partial charge >= 0.3 is 0 Å². The average Bonchev–Trinajstić information content (AvgIpc) is 2.48. The van der Waals surface area contributed by atoms with Crippen LogP contribution in [0.25, 0.3) is 0 Å². The Hall–Kier alpha value is -1.68. The summed E-state index contributed by atoms with van der Waals surface area (Å²) in [6.07, 6.45) is 6.48. The van der Waals surface area contributed by atoms with E-state index in [1.807, 2.05) is 54.5 Å². The first kappa shape index (κ1) is 13.7. The van der Waals surface area contributed by atoms with Crippen LogP contribution in [0.3, 0.4) is 0 Å². The molecule has 0 saturated heterocycles. The summed E-state index contributed by atoms with van der Waals surface area (Å²) in [6, 6.07) is 11.9. The van der Waals surface area contributed by atoms with Gasteiger partial charge in [0.05, 0.1) is 5.69 Å². The normalized spacial score (nSPS) is 10.9. The number of rotatable bonds is 7. The molecule has 0 saturated carbocycles. The van der Waals surface area contributed by atoms with Crippen molar-refractivity contribution in [2.45, 2.75) is 6.42 Å². The Kier molecular flexibility index (Phi) is 6.10. The van der Waals surface area contributed by atoms with Gasteiger partial charge in [0.2, 0.25) is 0 Å². The monoisotopic (exact) mass is 271 g/mol.